The van der Waals surface area contributed by atoms with Gasteiger partial charge in [0.15, 0.2) is 0 Å². The van der Waals surface area contributed by atoms with Crippen LogP contribution in [0.2, 0.25) is 0 Å². The first-order valence-electron chi connectivity index (χ1n) is 11.2. The van der Waals surface area contributed by atoms with E-state index >= 15 is 0 Å². The van der Waals surface area contributed by atoms with Crippen LogP contribution in [0.4, 0.5) is 17.1 Å². The largest absolute Gasteiger partial charge is 0.310 e. The van der Waals surface area contributed by atoms with E-state index in [0.717, 1.165) is 17.8 Å². The molecule has 0 aliphatic carbocycles. The average molecular weight is 442 g/mol. The first-order valence-corrected chi connectivity index (χ1v) is 12.1. The molecule has 0 saturated heterocycles. The Morgan fingerprint density at radius 3 is 1.64 bits per heavy atom. The molecule has 33 heavy (non-hydrogen) atoms. The quantitative estimate of drug-likeness (QED) is 0.258. The molecular weight excluding hydrogens is 418 g/mol. The number of benzene rings is 5. The SMILES string of the molecule is c1ccc(Cc2ccc3c(c2)sc2cc(N(c4ccccc4)c4ccccc4)ccc23)cc1. The zero-order valence-electron chi connectivity index (χ0n) is 18.2. The van der Waals surface area contributed by atoms with Crippen molar-refractivity contribution in [3.63, 3.8) is 0 Å². The van der Waals surface area contributed by atoms with Gasteiger partial charge in [-0.2, -0.15) is 0 Å². The number of thiophene rings is 1. The molecule has 5 aromatic carbocycles. The highest BCUT2D eigenvalue weighted by atomic mass is 32.1. The van der Waals surface area contributed by atoms with E-state index in [1.54, 1.807) is 0 Å². The Morgan fingerprint density at radius 2 is 1.00 bits per heavy atom. The van der Waals surface area contributed by atoms with Crippen LogP contribution in [0.25, 0.3) is 20.2 Å². The maximum atomic E-state index is 2.36. The summed E-state index contributed by atoms with van der Waals surface area (Å²) < 4.78 is 2.66. The number of rotatable bonds is 5. The molecule has 0 atom stereocenters. The molecule has 0 aliphatic rings. The molecule has 1 nitrogen and oxygen atoms in total. The van der Waals surface area contributed by atoms with Gasteiger partial charge in [0, 0.05) is 37.2 Å². The second kappa shape index (κ2) is 8.57. The van der Waals surface area contributed by atoms with Gasteiger partial charge in [0.05, 0.1) is 0 Å². The lowest BCUT2D eigenvalue weighted by molar-refractivity contribution is 1.20. The zero-order chi connectivity index (χ0) is 22.0. The van der Waals surface area contributed by atoms with E-state index in [2.05, 4.69) is 132 Å². The van der Waals surface area contributed by atoms with Crippen LogP contribution in [-0.2, 0) is 6.42 Å². The van der Waals surface area contributed by atoms with Gasteiger partial charge in [0.1, 0.15) is 0 Å². The Morgan fingerprint density at radius 1 is 0.455 bits per heavy atom. The molecule has 0 amide bonds. The minimum absolute atomic E-state index is 0.964. The molecule has 0 fully saturated rings. The van der Waals surface area contributed by atoms with Crippen LogP contribution in [0.1, 0.15) is 11.1 Å². The summed E-state index contributed by atoms with van der Waals surface area (Å²) >= 11 is 1.88. The monoisotopic (exact) mass is 441 g/mol. The second-order valence-electron chi connectivity index (χ2n) is 8.28. The van der Waals surface area contributed by atoms with Crippen molar-refractivity contribution in [1.29, 1.82) is 0 Å². The van der Waals surface area contributed by atoms with E-state index in [1.165, 1.54) is 37.0 Å². The van der Waals surface area contributed by atoms with Crippen molar-refractivity contribution in [3.05, 3.63) is 139 Å². The maximum Gasteiger partial charge on any atom is 0.0476 e. The van der Waals surface area contributed by atoms with Gasteiger partial charge >= 0.3 is 0 Å². The number of anilines is 3. The lowest BCUT2D eigenvalue weighted by atomic mass is 10.0. The Kier molecular flexibility index (Phi) is 5.14. The van der Waals surface area contributed by atoms with Crippen molar-refractivity contribution >= 4 is 48.6 Å². The Labute approximate surface area is 198 Å². The van der Waals surface area contributed by atoms with Gasteiger partial charge in [-0.25, -0.2) is 0 Å². The van der Waals surface area contributed by atoms with Crippen molar-refractivity contribution in [2.24, 2.45) is 0 Å². The van der Waals surface area contributed by atoms with Crippen LogP contribution in [0.3, 0.4) is 0 Å². The minimum atomic E-state index is 0.964. The lowest BCUT2D eigenvalue weighted by Crippen LogP contribution is -2.09. The summed E-state index contributed by atoms with van der Waals surface area (Å²) in [5, 5.41) is 2.66. The molecule has 6 rings (SSSR count). The first kappa shape index (κ1) is 19.8. The smallest absolute Gasteiger partial charge is 0.0476 e. The molecule has 1 aromatic heterocycles. The van der Waals surface area contributed by atoms with E-state index in [1.807, 2.05) is 11.3 Å². The third-order valence-corrected chi connectivity index (χ3v) is 7.17. The summed E-state index contributed by atoms with van der Waals surface area (Å²) in [7, 11) is 0. The number of hydrogen-bond acceptors (Lipinski definition) is 2. The number of para-hydroxylation sites is 2. The highest BCUT2D eigenvalue weighted by Gasteiger charge is 2.14. The van der Waals surface area contributed by atoms with Crippen molar-refractivity contribution in [3.8, 4) is 0 Å². The van der Waals surface area contributed by atoms with Crippen molar-refractivity contribution in [2.75, 3.05) is 4.90 Å². The molecule has 0 spiro atoms. The highest BCUT2D eigenvalue weighted by Crippen LogP contribution is 2.40. The van der Waals surface area contributed by atoms with Gasteiger partial charge in [-0.05, 0) is 60.0 Å². The Hall–Kier alpha value is -3.88. The molecule has 0 radical (unpaired) electrons. The van der Waals surface area contributed by atoms with Crippen LogP contribution >= 0.6 is 11.3 Å². The van der Waals surface area contributed by atoms with Crippen molar-refractivity contribution in [1.82, 2.24) is 0 Å². The van der Waals surface area contributed by atoms with Gasteiger partial charge in [0.25, 0.3) is 0 Å². The predicted molar refractivity (Wildman–Crippen MR) is 143 cm³/mol. The molecule has 0 aliphatic heterocycles. The van der Waals surface area contributed by atoms with Crippen LogP contribution in [0.5, 0.6) is 0 Å². The molecule has 1 heterocycles. The van der Waals surface area contributed by atoms with Gasteiger partial charge in [-0.1, -0.05) is 84.9 Å². The number of fused-ring (bicyclic) bond motifs is 3. The summed E-state index contributed by atoms with van der Waals surface area (Å²) in [6, 6.07) is 45.6. The molecule has 6 aromatic rings. The number of hydrogen-bond donors (Lipinski definition) is 0. The first-order chi connectivity index (χ1) is 16.3. The maximum absolute atomic E-state index is 2.36. The van der Waals surface area contributed by atoms with E-state index < -0.39 is 0 Å². The lowest BCUT2D eigenvalue weighted by Gasteiger charge is -2.25. The standard InChI is InChI=1S/C31H23NS/c1-4-10-23(11-5-1)20-24-16-18-28-29-19-17-27(22-31(29)33-30(28)21-24)32(25-12-6-2-7-13-25)26-14-8-3-9-15-26/h1-19,21-22H,20H2. The van der Waals surface area contributed by atoms with E-state index in [-0.39, 0.29) is 0 Å². The van der Waals surface area contributed by atoms with E-state index in [4.69, 9.17) is 0 Å². The van der Waals surface area contributed by atoms with Crippen molar-refractivity contribution in [2.45, 2.75) is 6.42 Å². The third kappa shape index (κ3) is 3.90. The molecule has 0 saturated carbocycles. The van der Waals surface area contributed by atoms with Crippen LogP contribution in [-0.4, -0.2) is 0 Å². The summed E-state index contributed by atoms with van der Waals surface area (Å²) in [6.07, 6.45) is 0.964. The second-order valence-corrected chi connectivity index (χ2v) is 9.37. The van der Waals surface area contributed by atoms with Crippen LogP contribution in [0, 0.1) is 0 Å². The topological polar surface area (TPSA) is 3.24 Å². The minimum Gasteiger partial charge on any atom is -0.310 e. The summed E-state index contributed by atoms with van der Waals surface area (Å²) in [5.74, 6) is 0. The molecule has 0 bridgehead atoms. The van der Waals surface area contributed by atoms with Gasteiger partial charge in [-0.3, -0.25) is 0 Å². The van der Waals surface area contributed by atoms with Gasteiger partial charge in [0.2, 0.25) is 0 Å². The number of nitrogens with zero attached hydrogens (tertiary/aromatic N) is 1. The van der Waals surface area contributed by atoms with Crippen LogP contribution < -0.4 is 4.90 Å². The van der Waals surface area contributed by atoms with Crippen molar-refractivity contribution < 1.29 is 0 Å². The fourth-order valence-corrected chi connectivity index (χ4v) is 5.69. The average Bonchev–Trinajstić information content (AvgIpc) is 3.23. The molecule has 0 unspecified atom stereocenters. The predicted octanol–water partition coefficient (Wildman–Crippen LogP) is 9.12. The highest BCUT2D eigenvalue weighted by molar-refractivity contribution is 7.25. The van der Waals surface area contributed by atoms with Crippen LogP contribution in [0.15, 0.2) is 127 Å². The fourth-order valence-electron chi connectivity index (χ4n) is 4.49. The normalized spacial score (nSPS) is 11.2. The molecular formula is C31H23NS. The molecule has 2 heteroatoms. The summed E-state index contributed by atoms with van der Waals surface area (Å²) in [5.41, 5.74) is 6.21. The molecule has 0 N–H and O–H groups in total. The van der Waals surface area contributed by atoms with Gasteiger partial charge in [-0.15, -0.1) is 11.3 Å². The molecule has 158 valence electrons. The van der Waals surface area contributed by atoms with E-state index in [9.17, 15) is 0 Å². The van der Waals surface area contributed by atoms with Gasteiger partial charge < -0.3 is 4.90 Å². The Bertz CT molecular complexity index is 1480. The Balaban J connectivity index is 1.43. The summed E-state index contributed by atoms with van der Waals surface area (Å²) in [6.45, 7) is 0. The van der Waals surface area contributed by atoms with E-state index in [0.29, 0.717) is 0 Å². The third-order valence-electron chi connectivity index (χ3n) is 6.06. The summed E-state index contributed by atoms with van der Waals surface area (Å²) in [4.78, 5) is 2.32. The fraction of sp³-hybridized carbons (Fsp3) is 0.0323. The zero-order valence-corrected chi connectivity index (χ0v) is 19.0.